The summed E-state index contributed by atoms with van der Waals surface area (Å²) in [6, 6.07) is 11.9. The van der Waals surface area contributed by atoms with Crippen LogP contribution in [0.5, 0.6) is 0 Å². The first-order valence-electron chi connectivity index (χ1n) is 4.15. The largest absolute Gasteiger partial charge is 0.398 e. The summed E-state index contributed by atoms with van der Waals surface area (Å²) >= 11 is 5.87. The maximum absolute atomic E-state index is 5.87. The van der Waals surface area contributed by atoms with E-state index in [4.69, 9.17) is 17.3 Å². The van der Waals surface area contributed by atoms with Gasteiger partial charge < -0.3 is 5.73 Å². The van der Waals surface area contributed by atoms with Crippen molar-refractivity contribution in [1.29, 1.82) is 0 Å². The molecule has 0 aliphatic carbocycles. The molecule has 2 rings (SSSR count). The Kier molecular flexibility index (Phi) is 2.37. The van der Waals surface area contributed by atoms with Gasteiger partial charge in [0, 0.05) is 28.5 Å². The Morgan fingerprint density at radius 1 is 1.36 bits per heavy atom. The Morgan fingerprint density at radius 2 is 2.21 bits per heavy atom. The number of aromatic nitrogens is 1. The lowest BCUT2D eigenvalue weighted by Crippen LogP contribution is -1.91. The van der Waals surface area contributed by atoms with Gasteiger partial charge in [0.15, 0.2) is 0 Å². The van der Waals surface area contributed by atoms with Gasteiger partial charge in [-0.15, -0.1) is 0 Å². The second-order valence-electron chi connectivity index (χ2n) is 2.86. The monoisotopic (exact) mass is 203 g/mol. The highest BCUT2D eigenvalue weighted by Crippen LogP contribution is 2.26. The van der Waals surface area contributed by atoms with Gasteiger partial charge in [0.05, 0.1) is 5.69 Å². The number of pyridine rings is 1. The van der Waals surface area contributed by atoms with Crippen LogP contribution in [0.4, 0.5) is 5.69 Å². The van der Waals surface area contributed by atoms with E-state index in [2.05, 4.69) is 11.1 Å². The Balaban J connectivity index is 2.57. The highest BCUT2D eigenvalue weighted by atomic mass is 35.5. The molecule has 2 N–H and O–H groups in total. The van der Waals surface area contributed by atoms with Crippen molar-refractivity contribution in [3.05, 3.63) is 47.6 Å². The van der Waals surface area contributed by atoms with Crippen LogP contribution in [0.2, 0.25) is 5.02 Å². The van der Waals surface area contributed by atoms with Crippen LogP contribution in [0.15, 0.2) is 36.5 Å². The van der Waals surface area contributed by atoms with Crippen molar-refractivity contribution in [2.45, 2.75) is 0 Å². The van der Waals surface area contributed by atoms with Crippen LogP contribution in [0.25, 0.3) is 11.3 Å². The number of nitrogen functional groups attached to an aromatic ring is 1. The van der Waals surface area contributed by atoms with E-state index in [9.17, 15) is 0 Å². The molecule has 0 bridgehead atoms. The summed E-state index contributed by atoms with van der Waals surface area (Å²) in [7, 11) is 0. The number of anilines is 1. The van der Waals surface area contributed by atoms with Gasteiger partial charge in [-0.05, 0) is 24.3 Å². The van der Waals surface area contributed by atoms with Gasteiger partial charge in [0.25, 0.3) is 0 Å². The topological polar surface area (TPSA) is 38.9 Å². The highest BCUT2D eigenvalue weighted by molar-refractivity contribution is 6.31. The SMILES string of the molecule is Nc1ccc(Cl)cc1-c1[c]cccn1. The van der Waals surface area contributed by atoms with E-state index < -0.39 is 0 Å². The molecule has 1 radical (unpaired) electrons. The average Bonchev–Trinajstić information content (AvgIpc) is 2.23. The predicted octanol–water partition coefficient (Wildman–Crippen LogP) is 2.78. The number of benzene rings is 1. The number of nitrogens with zero attached hydrogens (tertiary/aromatic N) is 1. The second-order valence-corrected chi connectivity index (χ2v) is 3.30. The summed E-state index contributed by atoms with van der Waals surface area (Å²) in [5, 5.41) is 0.647. The molecule has 0 unspecified atom stereocenters. The van der Waals surface area contributed by atoms with E-state index >= 15 is 0 Å². The lowest BCUT2D eigenvalue weighted by Gasteiger charge is -2.04. The van der Waals surface area contributed by atoms with Gasteiger partial charge in [-0.2, -0.15) is 0 Å². The zero-order valence-electron chi connectivity index (χ0n) is 7.37. The summed E-state index contributed by atoms with van der Waals surface area (Å²) in [5.74, 6) is 0. The molecule has 69 valence electrons. The van der Waals surface area contributed by atoms with Crippen LogP contribution >= 0.6 is 11.6 Å². The van der Waals surface area contributed by atoms with Gasteiger partial charge in [-0.3, -0.25) is 4.98 Å². The van der Waals surface area contributed by atoms with E-state index in [1.165, 1.54) is 0 Å². The normalized spacial score (nSPS) is 10.1. The molecule has 1 aromatic carbocycles. The fourth-order valence-corrected chi connectivity index (χ4v) is 1.38. The summed E-state index contributed by atoms with van der Waals surface area (Å²) in [5.41, 5.74) is 7.99. The molecule has 0 amide bonds. The summed E-state index contributed by atoms with van der Waals surface area (Å²) in [4.78, 5) is 4.16. The molecule has 14 heavy (non-hydrogen) atoms. The minimum absolute atomic E-state index is 0.647. The van der Waals surface area contributed by atoms with Gasteiger partial charge in [0.2, 0.25) is 0 Å². The second kappa shape index (κ2) is 3.68. The van der Waals surface area contributed by atoms with E-state index in [1.807, 2.05) is 6.07 Å². The molecule has 2 nitrogen and oxygen atoms in total. The minimum atomic E-state index is 0.647. The standard InChI is InChI=1S/C11H8ClN2/c12-8-4-5-10(13)9(7-8)11-3-1-2-6-14-11/h1-2,4-7H,13H2. The third-order valence-corrected chi connectivity index (χ3v) is 2.11. The molecule has 0 saturated heterocycles. The first-order chi connectivity index (χ1) is 6.77. The number of rotatable bonds is 1. The van der Waals surface area contributed by atoms with E-state index in [0.29, 0.717) is 16.4 Å². The molecule has 0 atom stereocenters. The van der Waals surface area contributed by atoms with E-state index in [-0.39, 0.29) is 0 Å². The fourth-order valence-electron chi connectivity index (χ4n) is 1.21. The van der Waals surface area contributed by atoms with Crippen molar-refractivity contribution >= 4 is 17.3 Å². The number of hydrogen-bond donors (Lipinski definition) is 1. The molecule has 2 aromatic rings. The maximum Gasteiger partial charge on any atom is 0.0802 e. The summed E-state index contributed by atoms with van der Waals surface area (Å²) in [6.07, 6.45) is 1.70. The first kappa shape index (κ1) is 9.03. The molecular weight excluding hydrogens is 196 g/mol. The van der Waals surface area contributed by atoms with Crippen LogP contribution in [0, 0.1) is 6.07 Å². The first-order valence-corrected chi connectivity index (χ1v) is 4.53. The van der Waals surface area contributed by atoms with Gasteiger partial charge in [-0.1, -0.05) is 17.7 Å². The smallest absolute Gasteiger partial charge is 0.0802 e. The summed E-state index contributed by atoms with van der Waals surface area (Å²) < 4.78 is 0. The Hall–Kier alpha value is -1.54. The van der Waals surface area contributed by atoms with Crippen LogP contribution in [0.3, 0.4) is 0 Å². The minimum Gasteiger partial charge on any atom is -0.398 e. The Morgan fingerprint density at radius 3 is 2.93 bits per heavy atom. The average molecular weight is 204 g/mol. The molecule has 0 saturated carbocycles. The molecule has 0 aliphatic heterocycles. The van der Waals surface area contributed by atoms with Crippen LogP contribution in [-0.2, 0) is 0 Å². The molecule has 0 aliphatic rings. The number of halogens is 1. The quantitative estimate of drug-likeness (QED) is 0.724. The Labute approximate surface area is 87.4 Å². The van der Waals surface area contributed by atoms with Crippen LogP contribution in [0.1, 0.15) is 0 Å². The van der Waals surface area contributed by atoms with E-state index in [0.717, 1.165) is 5.56 Å². The van der Waals surface area contributed by atoms with Crippen molar-refractivity contribution in [2.24, 2.45) is 0 Å². The lowest BCUT2D eigenvalue weighted by atomic mass is 10.1. The molecule has 3 heteroatoms. The van der Waals surface area contributed by atoms with Gasteiger partial charge in [-0.25, -0.2) is 0 Å². The third kappa shape index (κ3) is 1.70. The number of nitrogens with two attached hydrogens (primary N) is 1. The molecular formula is C11H8ClN2. The fraction of sp³-hybridized carbons (Fsp3) is 0. The van der Waals surface area contributed by atoms with Crippen molar-refractivity contribution in [3.63, 3.8) is 0 Å². The van der Waals surface area contributed by atoms with Crippen molar-refractivity contribution in [2.75, 3.05) is 5.73 Å². The predicted molar refractivity (Wildman–Crippen MR) is 57.9 cm³/mol. The van der Waals surface area contributed by atoms with Gasteiger partial charge in [0.1, 0.15) is 0 Å². The van der Waals surface area contributed by atoms with E-state index in [1.54, 1.807) is 30.5 Å². The maximum atomic E-state index is 5.87. The molecule has 1 heterocycles. The zero-order valence-corrected chi connectivity index (χ0v) is 8.12. The van der Waals surface area contributed by atoms with Crippen LogP contribution in [-0.4, -0.2) is 4.98 Å². The number of hydrogen-bond acceptors (Lipinski definition) is 2. The zero-order chi connectivity index (χ0) is 9.97. The molecule has 0 spiro atoms. The Bertz CT molecular complexity index is 440. The lowest BCUT2D eigenvalue weighted by molar-refractivity contribution is 1.32. The molecule has 1 aromatic heterocycles. The van der Waals surface area contributed by atoms with Crippen molar-refractivity contribution < 1.29 is 0 Å². The van der Waals surface area contributed by atoms with Crippen LogP contribution < -0.4 is 5.73 Å². The van der Waals surface area contributed by atoms with Gasteiger partial charge >= 0.3 is 0 Å². The van der Waals surface area contributed by atoms with Crippen molar-refractivity contribution in [1.82, 2.24) is 4.98 Å². The summed E-state index contributed by atoms with van der Waals surface area (Å²) in [6.45, 7) is 0. The third-order valence-electron chi connectivity index (χ3n) is 1.88. The highest BCUT2D eigenvalue weighted by Gasteiger charge is 2.03. The van der Waals surface area contributed by atoms with Crippen molar-refractivity contribution in [3.8, 4) is 11.3 Å². The molecule has 0 fully saturated rings.